The van der Waals surface area contributed by atoms with E-state index < -0.39 is 6.04 Å². The van der Waals surface area contributed by atoms with Crippen molar-refractivity contribution < 1.29 is 14.3 Å². The zero-order chi connectivity index (χ0) is 16.2. The van der Waals surface area contributed by atoms with Crippen LogP contribution >= 0.6 is 21.6 Å². The van der Waals surface area contributed by atoms with Gasteiger partial charge in [0.2, 0.25) is 11.8 Å². The molecule has 0 aromatic heterocycles. The standard InChI is InChI=1S/C14H27N3O3S2/c1-20-8-5-13(18)16-7-3-2-4-12(15)14(19)17-11-6-9-21-22-10-11/h11-12H,2-10,15H2,1H3,(H,16,18)(H,17,19)/t11?,12-/m0/s1. The summed E-state index contributed by atoms with van der Waals surface area (Å²) >= 11 is 0. The van der Waals surface area contributed by atoms with Crippen molar-refractivity contribution in [1.29, 1.82) is 0 Å². The van der Waals surface area contributed by atoms with E-state index in [0.717, 1.165) is 30.8 Å². The van der Waals surface area contributed by atoms with E-state index in [1.54, 1.807) is 17.9 Å². The van der Waals surface area contributed by atoms with Crippen LogP contribution in [0.15, 0.2) is 0 Å². The van der Waals surface area contributed by atoms with Crippen LogP contribution in [-0.4, -0.2) is 55.7 Å². The Balaban J connectivity index is 2.03. The van der Waals surface area contributed by atoms with Gasteiger partial charge in [0.15, 0.2) is 0 Å². The van der Waals surface area contributed by atoms with E-state index in [4.69, 9.17) is 10.5 Å². The average molecular weight is 350 g/mol. The maximum atomic E-state index is 12.0. The lowest BCUT2D eigenvalue weighted by Gasteiger charge is -2.23. The van der Waals surface area contributed by atoms with Crippen LogP contribution in [0.4, 0.5) is 0 Å². The number of carbonyl (C=O) groups is 2. The Hall–Kier alpha value is -0.440. The van der Waals surface area contributed by atoms with Crippen LogP contribution in [0.5, 0.6) is 0 Å². The predicted molar refractivity (Wildman–Crippen MR) is 92.8 cm³/mol. The number of unbranched alkanes of at least 4 members (excludes halogenated alkanes) is 1. The van der Waals surface area contributed by atoms with Gasteiger partial charge in [-0.2, -0.15) is 0 Å². The predicted octanol–water partition coefficient (Wildman–Crippen LogP) is 0.907. The number of carbonyl (C=O) groups excluding carboxylic acids is 2. The highest BCUT2D eigenvalue weighted by molar-refractivity contribution is 8.76. The molecule has 1 fully saturated rings. The van der Waals surface area contributed by atoms with Gasteiger partial charge < -0.3 is 21.1 Å². The molecule has 0 aromatic rings. The summed E-state index contributed by atoms with van der Waals surface area (Å²) < 4.78 is 4.84. The first-order chi connectivity index (χ1) is 10.6. The van der Waals surface area contributed by atoms with Gasteiger partial charge in [0.05, 0.1) is 12.6 Å². The van der Waals surface area contributed by atoms with Gasteiger partial charge in [0.25, 0.3) is 0 Å². The van der Waals surface area contributed by atoms with Crippen LogP contribution in [0.2, 0.25) is 0 Å². The lowest BCUT2D eigenvalue weighted by molar-refractivity contribution is -0.123. The summed E-state index contributed by atoms with van der Waals surface area (Å²) in [6.45, 7) is 1.06. The van der Waals surface area contributed by atoms with E-state index in [9.17, 15) is 9.59 Å². The molecule has 0 radical (unpaired) electrons. The number of nitrogens with one attached hydrogen (secondary N) is 2. The second-order valence-electron chi connectivity index (χ2n) is 5.30. The number of hydrogen-bond donors (Lipinski definition) is 3. The van der Waals surface area contributed by atoms with E-state index in [0.29, 0.717) is 26.0 Å². The Labute approximate surface area is 140 Å². The quantitative estimate of drug-likeness (QED) is 0.401. The molecule has 1 heterocycles. The zero-order valence-electron chi connectivity index (χ0n) is 13.1. The Bertz CT molecular complexity index is 339. The minimum absolute atomic E-state index is 0.00319. The highest BCUT2D eigenvalue weighted by Gasteiger charge is 2.20. The molecule has 128 valence electrons. The molecule has 22 heavy (non-hydrogen) atoms. The third kappa shape index (κ3) is 8.87. The lowest BCUT2D eigenvalue weighted by atomic mass is 10.1. The summed E-state index contributed by atoms with van der Waals surface area (Å²) in [5, 5.41) is 5.84. The van der Waals surface area contributed by atoms with Gasteiger partial charge in [0, 0.05) is 37.6 Å². The number of amides is 2. The maximum Gasteiger partial charge on any atom is 0.237 e. The van der Waals surface area contributed by atoms with Crippen molar-refractivity contribution in [2.45, 2.75) is 44.2 Å². The molecule has 1 aliphatic heterocycles. The minimum atomic E-state index is -0.455. The first kappa shape index (κ1) is 19.6. The molecule has 0 aliphatic carbocycles. The summed E-state index contributed by atoms with van der Waals surface area (Å²) in [5.74, 6) is 1.97. The highest BCUT2D eigenvalue weighted by Crippen LogP contribution is 2.29. The maximum absolute atomic E-state index is 12.0. The minimum Gasteiger partial charge on any atom is -0.384 e. The SMILES string of the molecule is COCCC(=O)NCCCC[C@H](N)C(=O)NC1CCSSC1. The molecule has 1 rings (SSSR count). The van der Waals surface area contributed by atoms with Gasteiger partial charge in [-0.05, 0) is 25.7 Å². The molecular formula is C14H27N3O3S2. The summed E-state index contributed by atoms with van der Waals surface area (Å²) in [6, 6.07) is -0.200. The molecule has 8 heteroatoms. The second kappa shape index (κ2) is 12.0. The molecular weight excluding hydrogens is 322 g/mol. The van der Waals surface area contributed by atoms with Gasteiger partial charge >= 0.3 is 0 Å². The van der Waals surface area contributed by atoms with E-state index in [1.165, 1.54) is 0 Å². The van der Waals surface area contributed by atoms with Crippen LogP contribution < -0.4 is 16.4 Å². The summed E-state index contributed by atoms with van der Waals surface area (Å²) in [7, 11) is 5.23. The molecule has 1 saturated heterocycles. The molecule has 0 bridgehead atoms. The third-order valence-electron chi connectivity index (χ3n) is 3.38. The first-order valence-electron chi connectivity index (χ1n) is 7.69. The topological polar surface area (TPSA) is 93.4 Å². The number of hydrogen-bond acceptors (Lipinski definition) is 6. The Morgan fingerprint density at radius 2 is 2.18 bits per heavy atom. The van der Waals surface area contributed by atoms with Gasteiger partial charge in [-0.1, -0.05) is 21.6 Å². The fraction of sp³-hybridized carbons (Fsp3) is 0.857. The molecule has 4 N–H and O–H groups in total. The Kier molecular flexibility index (Phi) is 10.7. The number of methoxy groups -OCH3 is 1. The van der Waals surface area contributed by atoms with Crippen molar-refractivity contribution >= 4 is 33.4 Å². The van der Waals surface area contributed by atoms with Crippen LogP contribution in [-0.2, 0) is 14.3 Å². The fourth-order valence-corrected chi connectivity index (χ4v) is 4.45. The second-order valence-corrected chi connectivity index (χ2v) is 7.92. The summed E-state index contributed by atoms with van der Waals surface area (Å²) in [4.78, 5) is 23.3. The van der Waals surface area contributed by atoms with Crippen molar-refractivity contribution in [2.24, 2.45) is 5.73 Å². The van der Waals surface area contributed by atoms with Gasteiger partial charge in [-0.3, -0.25) is 9.59 Å². The Morgan fingerprint density at radius 1 is 1.36 bits per heavy atom. The van der Waals surface area contributed by atoms with Gasteiger partial charge in [-0.15, -0.1) is 0 Å². The molecule has 2 amide bonds. The Morgan fingerprint density at radius 3 is 2.86 bits per heavy atom. The molecule has 1 aliphatic rings. The van der Waals surface area contributed by atoms with E-state index in [-0.39, 0.29) is 17.9 Å². The van der Waals surface area contributed by atoms with Crippen LogP contribution in [0.25, 0.3) is 0 Å². The molecule has 1 unspecified atom stereocenters. The number of ether oxygens (including phenoxy) is 1. The highest BCUT2D eigenvalue weighted by atomic mass is 33.1. The van der Waals surface area contributed by atoms with Crippen LogP contribution in [0.3, 0.4) is 0 Å². The van der Waals surface area contributed by atoms with Gasteiger partial charge in [0.1, 0.15) is 0 Å². The smallest absolute Gasteiger partial charge is 0.237 e. The molecule has 0 spiro atoms. The largest absolute Gasteiger partial charge is 0.384 e. The molecule has 0 aromatic carbocycles. The van der Waals surface area contributed by atoms with Crippen LogP contribution in [0, 0.1) is 0 Å². The molecule has 2 atom stereocenters. The lowest BCUT2D eigenvalue weighted by Crippen LogP contribution is -2.47. The van der Waals surface area contributed by atoms with E-state index in [2.05, 4.69) is 10.6 Å². The monoisotopic (exact) mass is 349 g/mol. The third-order valence-corrected chi connectivity index (χ3v) is 5.90. The van der Waals surface area contributed by atoms with Crippen molar-refractivity contribution in [3.63, 3.8) is 0 Å². The first-order valence-corrected chi connectivity index (χ1v) is 10.2. The van der Waals surface area contributed by atoms with E-state index in [1.807, 2.05) is 10.8 Å². The van der Waals surface area contributed by atoms with Crippen LogP contribution in [0.1, 0.15) is 32.1 Å². The normalized spacial score (nSPS) is 19.5. The zero-order valence-corrected chi connectivity index (χ0v) is 14.8. The summed E-state index contributed by atoms with van der Waals surface area (Å²) in [6.07, 6.45) is 3.71. The molecule has 0 saturated carbocycles. The van der Waals surface area contributed by atoms with Crippen molar-refractivity contribution in [2.75, 3.05) is 31.8 Å². The average Bonchev–Trinajstić information content (AvgIpc) is 2.53. The van der Waals surface area contributed by atoms with Crippen molar-refractivity contribution in [1.82, 2.24) is 10.6 Å². The number of nitrogens with two attached hydrogens (primary N) is 1. The van der Waals surface area contributed by atoms with Crippen molar-refractivity contribution in [3.8, 4) is 0 Å². The van der Waals surface area contributed by atoms with Crippen molar-refractivity contribution in [3.05, 3.63) is 0 Å². The van der Waals surface area contributed by atoms with Gasteiger partial charge in [-0.25, -0.2) is 0 Å². The summed E-state index contributed by atoms with van der Waals surface area (Å²) in [5.41, 5.74) is 5.91. The van der Waals surface area contributed by atoms with E-state index >= 15 is 0 Å². The molecule has 6 nitrogen and oxygen atoms in total. The fourth-order valence-electron chi connectivity index (χ4n) is 2.02. The number of rotatable bonds is 10.